The van der Waals surface area contributed by atoms with Gasteiger partial charge in [0.25, 0.3) is 0 Å². The third-order valence-corrected chi connectivity index (χ3v) is 4.15. The molecule has 0 aliphatic carbocycles. The van der Waals surface area contributed by atoms with Gasteiger partial charge in [-0.3, -0.25) is 9.59 Å². The van der Waals surface area contributed by atoms with Crippen molar-refractivity contribution in [1.82, 2.24) is 4.57 Å². The molecule has 0 aliphatic rings. The van der Waals surface area contributed by atoms with Crippen molar-refractivity contribution in [3.05, 3.63) is 30.0 Å². The summed E-state index contributed by atoms with van der Waals surface area (Å²) in [6.07, 6.45) is 1.49. The number of carboxylic acids is 3. The Hall–Kier alpha value is -3.03. The van der Waals surface area contributed by atoms with E-state index in [4.69, 9.17) is 10.2 Å². The van der Waals surface area contributed by atoms with Crippen molar-refractivity contribution in [2.75, 3.05) is 18.0 Å². The molecule has 0 amide bonds. The molecule has 0 atom stereocenters. The van der Waals surface area contributed by atoms with E-state index in [1.807, 2.05) is 30.7 Å². The van der Waals surface area contributed by atoms with Gasteiger partial charge in [-0.15, -0.1) is 0 Å². The monoisotopic (exact) mass is 362 g/mol. The molecule has 140 valence electrons. The molecule has 26 heavy (non-hydrogen) atoms. The number of fused-ring (bicyclic) bond motifs is 1. The fourth-order valence-electron chi connectivity index (χ4n) is 2.89. The number of benzene rings is 1. The van der Waals surface area contributed by atoms with Crippen molar-refractivity contribution in [3.8, 4) is 0 Å². The summed E-state index contributed by atoms with van der Waals surface area (Å²) in [6.45, 7) is 4.12. The zero-order valence-corrected chi connectivity index (χ0v) is 14.7. The number of aliphatic carboxylic acids is 2. The van der Waals surface area contributed by atoms with Gasteiger partial charge < -0.3 is 24.8 Å². The number of hydrogen-bond donors (Lipinski definition) is 3. The fourth-order valence-corrected chi connectivity index (χ4v) is 2.89. The van der Waals surface area contributed by atoms with Gasteiger partial charge in [-0.1, -0.05) is 0 Å². The van der Waals surface area contributed by atoms with Crippen molar-refractivity contribution in [2.24, 2.45) is 0 Å². The molecule has 2 rings (SSSR count). The Morgan fingerprint density at radius 1 is 1.04 bits per heavy atom. The number of hydrogen-bond acceptors (Lipinski definition) is 4. The molecule has 0 saturated carbocycles. The van der Waals surface area contributed by atoms with Crippen molar-refractivity contribution in [3.63, 3.8) is 0 Å². The maximum atomic E-state index is 11.5. The van der Waals surface area contributed by atoms with Gasteiger partial charge in [-0.05, 0) is 32.0 Å². The predicted octanol–water partition coefficient (Wildman–Crippen LogP) is 2.68. The Bertz CT molecular complexity index is 822. The molecule has 1 aromatic carbocycles. The van der Waals surface area contributed by atoms with Crippen molar-refractivity contribution < 1.29 is 29.7 Å². The lowest BCUT2D eigenvalue weighted by molar-refractivity contribution is -0.137. The molecule has 2 aromatic rings. The predicted molar refractivity (Wildman–Crippen MR) is 96.0 cm³/mol. The Labute approximate surface area is 150 Å². The minimum atomic E-state index is -1.10. The number of anilines is 1. The standard InChI is InChI=1S/C18H22N2O6/c1-11(2)20-8-3-13-14(9-12(18(25)26)10-15(13)20)19(6-4-16(21)22)7-5-17(23)24/h3,8-11H,4-7H2,1-2H3,(H,21,22)(H,23,24)(H,25,26). The number of nitrogens with zero attached hydrogens (tertiary/aromatic N) is 2. The summed E-state index contributed by atoms with van der Waals surface area (Å²) in [4.78, 5) is 35.1. The highest BCUT2D eigenvalue weighted by molar-refractivity contribution is 6.00. The molecule has 0 aliphatic heterocycles. The van der Waals surface area contributed by atoms with Gasteiger partial charge in [0.2, 0.25) is 0 Å². The molecule has 8 nitrogen and oxygen atoms in total. The lowest BCUT2D eigenvalue weighted by atomic mass is 10.1. The molecule has 8 heteroatoms. The molecule has 0 radical (unpaired) electrons. The van der Waals surface area contributed by atoms with E-state index in [2.05, 4.69) is 0 Å². The number of aromatic nitrogens is 1. The normalized spacial score (nSPS) is 11.0. The Balaban J connectivity index is 2.58. The van der Waals surface area contributed by atoms with E-state index in [0.29, 0.717) is 11.2 Å². The van der Waals surface area contributed by atoms with Gasteiger partial charge in [0, 0.05) is 36.4 Å². The summed E-state index contributed by atoms with van der Waals surface area (Å²) >= 11 is 0. The molecule has 3 N–H and O–H groups in total. The summed E-state index contributed by atoms with van der Waals surface area (Å²) in [6, 6.07) is 4.99. The van der Waals surface area contributed by atoms with Crippen LogP contribution in [-0.2, 0) is 9.59 Å². The second kappa shape index (κ2) is 7.90. The Morgan fingerprint density at radius 3 is 2.08 bits per heavy atom. The van der Waals surface area contributed by atoms with Gasteiger partial charge in [0.15, 0.2) is 0 Å². The van der Waals surface area contributed by atoms with Crippen molar-refractivity contribution >= 4 is 34.5 Å². The minimum Gasteiger partial charge on any atom is -0.481 e. The van der Waals surface area contributed by atoms with Crippen molar-refractivity contribution in [2.45, 2.75) is 32.7 Å². The van der Waals surface area contributed by atoms with E-state index in [9.17, 15) is 19.5 Å². The van der Waals surface area contributed by atoms with E-state index < -0.39 is 17.9 Å². The first-order chi connectivity index (χ1) is 12.2. The molecular formula is C18H22N2O6. The van der Waals surface area contributed by atoms with E-state index in [1.54, 1.807) is 11.0 Å². The lowest BCUT2D eigenvalue weighted by Gasteiger charge is -2.25. The topological polar surface area (TPSA) is 120 Å². The second-order valence-corrected chi connectivity index (χ2v) is 6.32. The second-order valence-electron chi connectivity index (χ2n) is 6.32. The summed E-state index contributed by atoms with van der Waals surface area (Å²) in [7, 11) is 0. The third-order valence-electron chi connectivity index (χ3n) is 4.15. The van der Waals surface area contributed by atoms with Gasteiger partial charge in [0.1, 0.15) is 0 Å². The molecule has 0 fully saturated rings. The first kappa shape index (κ1) is 19.3. The SMILES string of the molecule is CC(C)n1ccc2c(N(CCC(=O)O)CCC(=O)O)cc(C(=O)O)cc21. The van der Waals surface area contributed by atoms with Crippen LogP contribution >= 0.6 is 0 Å². The number of carbonyl (C=O) groups is 3. The van der Waals surface area contributed by atoms with Crippen molar-refractivity contribution in [1.29, 1.82) is 0 Å². The summed E-state index contributed by atoms with van der Waals surface area (Å²) in [5, 5.41) is 28.2. The van der Waals surface area contributed by atoms with Gasteiger partial charge in [-0.2, -0.15) is 0 Å². The number of carboxylic acid groups (broad SMARTS) is 3. The third kappa shape index (κ3) is 4.33. The highest BCUT2D eigenvalue weighted by Crippen LogP contribution is 2.32. The Kier molecular flexibility index (Phi) is 5.86. The average Bonchev–Trinajstić information content (AvgIpc) is 2.97. The molecule has 0 spiro atoms. The quantitative estimate of drug-likeness (QED) is 0.627. The largest absolute Gasteiger partial charge is 0.481 e. The lowest BCUT2D eigenvalue weighted by Crippen LogP contribution is -2.29. The smallest absolute Gasteiger partial charge is 0.335 e. The number of rotatable bonds is 9. The first-order valence-corrected chi connectivity index (χ1v) is 8.27. The van der Waals surface area contributed by atoms with E-state index in [1.165, 1.54) is 6.07 Å². The molecule has 1 aromatic heterocycles. The molecule has 0 unspecified atom stereocenters. The molecule has 1 heterocycles. The van der Waals surface area contributed by atoms with Crippen LogP contribution in [0.3, 0.4) is 0 Å². The first-order valence-electron chi connectivity index (χ1n) is 8.27. The summed E-state index contributed by atoms with van der Waals surface area (Å²) in [5.74, 6) is -3.10. The zero-order valence-electron chi connectivity index (χ0n) is 14.7. The summed E-state index contributed by atoms with van der Waals surface area (Å²) in [5.41, 5.74) is 1.32. The van der Waals surface area contributed by atoms with Crippen LogP contribution in [0.1, 0.15) is 43.1 Å². The molecule has 0 bridgehead atoms. The van der Waals surface area contributed by atoms with Crippen LogP contribution in [0.5, 0.6) is 0 Å². The van der Waals surface area contributed by atoms with E-state index in [-0.39, 0.29) is 37.5 Å². The van der Waals surface area contributed by atoms with Gasteiger partial charge in [-0.25, -0.2) is 4.79 Å². The van der Waals surface area contributed by atoms with E-state index >= 15 is 0 Å². The highest BCUT2D eigenvalue weighted by Gasteiger charge is 2.19. The van der Waals surface area contributed by atoms with Crippen LogP contribution in [-0.4, -0.2) is 50.9 Å². The maximum absolute atomic E-state index is 11.5. The van der Waals surface area contributed by atoms with Crippen LogP contribution in [0.15, 0.2) is 24.4 Å². The summed E-state index contributed by atoms with van der Waals surface area (Å²) < 4.78 is 1.93. The zero-order chi connectivity index (χ0) is 19.4. The Morgan fingerprint density at radius 2 is 1.62 bits per heavy atom. The van der Waals surface area contributed by atoms with Crippen LogP contribution in [0, 0.1) is 0 Å². The average molecular weight is 362 g/mol. The van der Waals surface area contributed by atoms with Crippen LogP contribution in [0.4, 0.5) is 5.69 Å². The highest BCUT2D eigenvalue weighted by atomic mass is 16.4. The van der Waals surface area contributed by atoms with Crippen LogP contribution in [0.25, 0.3) is 10.9 Å². The van der Waals surface area contributed by atoms with Gasteiger partial charge in [0.05, 0.1) is 23.9 Å². The number of aromatic carboxylic acids is 1. The fraction of sp³-hybridized carbons (Fsp3) is 0.389. The molecular weight excluding hydrogens is 340 g/mol. The van der Waals surface area contributed by atoms with E-state index in [0.717, 1.165) is 5.39 Å². The molecule has 0 saturated heterocycles. The maximum Gasteiger partial charge on any atom is 0.335 e. The van der Waals surface area contributed by atoms with Crippen LogP contribution < -0.4 is 4.90 Å². The van der Waals surface area contributed by atoms with Crippen LogP contribution in [0.2, 0.25) is 0 Å². The van der Waals surface area contributed by atoms with Gasteiger partial charge >= 0.3 is 17.9 Å². The minimum absolute atomic E-state index is 0.0729.